The van der Waals surface area contributed by atoms with Crippen molar-refractivity contribution >= 4 is 11.6 Å². The van der Waals surface area contributed by atoms with Gasteiger partial charge in [-0.25, -0.2) is 0 Å². The fraction of sp³-hybridized carbons (Fsp3) is 0.538. The molecule has 1 rings (SSSR count). The van der Waals surface area contributed by atoms with Gasteiger partial charge in [0.2, 0.25) is 0 Å². The third-order valence-electron chi connectivity index (χ3n) is 2.88. The van der Waals surface area contributed by atoms with Crippen LogP contribution < -0.4 is 5.32 Å². The predicted molar refractivity (Wildman–Crippen MR) is 67.3 cm³/mol. The van der Waals surface area contributed by atoms with Crippen molar-refractivity contribution in [3.63, 3.8) is 0 Å². The van der Waals surface area contributed by atoms with Crippen molar-refractivity contribution in [3.05, 3.63) is 34.9 Å². The van der Waals surface area contributed by atoms with Crippen molar-refractivity contribution in [2.75, 3.05) is 0 Å². The molecule has 0 saturated carbocycles. The van der Waals surface area contributed by atoms with Crippen LogP contribution in [0.5, 0.6) is 0 Å². The molecular formula is C13H20ClN. The first-order valence-corrected chi connectivity index (χ1v) is 5.90. The summed E-state index contributed by atoms with van der Waals surface area (Å²) in [4.78, 5) is 0. The van der Waals surface area contributed by atoms with Crippen LogP contribution in [0.4, 0.5) is 0 Å². The van der Waals surface area contributed by atoms with E-state index in [-0.39, 0.29) is 0 Å². The van der Waals surface area contributed by atoms with Crippen molar-refractivity contribution in [1.29, 1.82) is 0 Å². The molecule has 0 aromatic heterocycles. The minimum atomic E-state index is 0.375. The second-order valence-electron chi connectivity index (χ2n) is 4.47. The topological polar surface area (TPSA) is 12.0 Å². The average Bonchev–Trinajstić information content (AvgIpc) is 2.18. The Labute approximate surface area is 97.8 Å². The maximum atomic E-state index is 5.85. The monoisotopic (exact) mass is 225 g/mol. The molecule has 0 saturated heterocycles. The first-order chi connectivity index (χ1) is 7.00. The molecule has 0 aliphatic heterocycles. The standard InChI is InChI=1S/C13H20ClN/c1-9(2)10(3)15-11(4)12-5-7-13(14)8-6-12/h5-11,15H,1-4H3/t10?,11-/m0/s1. The summed E-state index contributed by atoms with van der Waals surface area (Å²) < 4.78 is 0. The highest BCUT2D eigenvalue weighted by Crippen LogP contribution is 2.17. The number of nitrogens with one attached hydrogen (secondary N) is 1. The Morgan fingerprint density at radius 2 is 1.53 bits per heavy atom. The van der Waals surface area contributed by atoms with Crippen LogP contribution in [0.15, 0.2) is 24.3 Å². The quantitative estimate of drug-likeness (QED) is 0.816. The fourth-order valence-corrected chi connectivity index (χ4v) is 1.56. The van der Waals surface area contributed by atoms with Gasteiger partial charge in [0.15, 0.2) is 0 Å². The molecule has 1 aromatic carbocycles. The second-order valence-corrected chi connectivity index (χ2v) is 4.91. The zero-order valence-corrected chi connectivity index (χ0v) is 10.7. The first-order valence-electron chi connectivity index (χ1n) is 5.52. The van der Waals surface area contributed by atoms with Gasteiger partial charge in [0.25, 0.3) is 0 Å². The van der Waals surface area contributed by atoms with Gasteiger partial charge in [-0.05, 0) is 37.5 Å². The highest BCUT2D eigenvalue weighted by atomic mass is 35.5. The highest BCUT2D eigenvalue weighted by Gasteiger charge is 2.11. The molecule has 1 N–H and O–H groups in total. The Kier molecular flexibility index (Phi) is 4.62. The van der Waals surface area contributed by atoms with E-state index in [0.29, 0.717) is 18.0 Å². The molecule has 15 heavy (non-hydrogen) atoms. The van der Waals surface area contributed by atoms with E-state index in [9.17, 15) is 0 Å². The first kappa shape index (κ1) is 12.5. The Bertz CT molecular complexity index is 292. The van der Waals surface area contributed by atoms with E-state index in [1.807, 2.05) is 12.1 Å². The van der Waals surface area contributed by atoms with Crippen LogP contribution in [-0.2, 0) is 0 Å². The summed E-state index contributed by atoms with van der Waals surface area (Å²) in [7, 11) is 0. The summed E-state index contributed by atoms with van der Waals surface area (Å²) in [6.07, 6.45) is 0. The fourth-order valence-electron chi connectivity index (χ4n) is 1.43. The van der Waals surface area contributed by atoms with E-state index >= 15 is 0 Å². The zero-order chi connectivity index (χ0) is 11.4. The second kappa shape index (κ2) is 5.53. The van der Waals surface area contributed by atoms with E-state index in [2.05, 4.69) is 45.1 Å². The number of halogens is 1. The van der Waals surface area contributed by atoms with Gasteiger partial charge in [-0.2, -0.15) is 0 Å². The Morgan fingerprint density at radius 1 is 1.00 bits per heavy atom. The molecule has 0 aliphatic rings. The van der Waals surface area contributed by atoms with E-state index in [4.69, 9.17) is 11.6 Å². The number of hydrogen-bond donors (Lipinski definition) is 1. The summed E-state index contributed by atoms with van der Waals surface area (Å²) in [5.74, 6) is 0.653. The summed E-state index contributed by atoms with van der Waals surface area (Å²) in [5.41, 5.74) is 1.28. The summed E-state index contributed by atoms with van der Waals surface area (Å²) >= 11 is 5.85. The summed E-state index contributed by atoms with van der Waals surface area (Å²) in [6.45, 7) is 8.86. The maximum Gasteiger partial charge on any atom is 0.0406 e. The molecule has 0 aliphatic carbocycles. The molecule has 0 radical (unpaired) electrons. The third kappa shape index (κ3) is 3.84. The van der Waals surface area contributed by atoms with E-state index in [0.717, 1.165) is 5.02 Å². The Hall–Kier alpha value is -0.530. The molecule has 2 atom stereocenters. The minimum Gasteiger partial charge on any atom is -0.307 e. The predicted octanol–water partition coefficient (Wildman–Crippen LogP) is 4.04. The Balaban J connectivity index is 2.61. The van der Waals surface area contributed by atoms with Gasteiger partial charge in [-0.1, -0.05) is 37.6 Å². The molecule has 0 bridgehead atoms. The highest BCUT2D eigenvalue weighted by molar-refractivity contribution is 6.30. The smallest absolute Gasteiger partial charge is 0.0406 e. The lowest BCUT2D eigenvalue weighted by atomic mass is 10.0. The molecule has 1 nitrogen and oxygen atoms in total. The number of benzene rings is 1. The van der Waals surface area contributed by atoms with Crippen molar-refractivity contribution in [3.8, 4) is 0 Å². The van der Waals surface area contributed by atoms with Crippen LogP contribution in [0, 0.1) is 5.92 Å². The van der Waals surface area contributed by atoms with E-state index in [1.165, 1.54) is 5.56 Å². The molecule has 84 valence electrons. The van der Waals surface area contributed by atoms with Crippen LogP contribution in [0.25, 0.3) is 0 Å². The molecule has 0 spiro atoms. The Morgan fingerprint density at radius 3 is 2.00 bits per heavy atom. The van der Waals surface area contributed by atoms with Crippen molar-refractivity contribution in [2.45, 2.75) is 39.8 Å². The summed E-state index contributed by atoms with van der Waals surface area (Å²) in [6, 6.07) is 8.93. The van der Waals surface area contributed by atoms with E-state index < -0.39 is 0 Å². The van der Waals surface area contributed by atoms with E-state index in [1.54, 1.807) is 0 Å². The van der Waals surface area contributed by atoms with Gasteiger partial charge >= 0.3 is 0 Å². The molecular weight excluding hydrogens is 206 g/mol. The lowest BCUT2D eigenvalue weighted by molar-refractivity contribution is 0.389. The minimum absolute atomic E-state index is 0.375. The van der Waals surface area contributed by atoms with Gasteiger partial charge in [0.05, 0.1) is 0 Å². The van der Waals surface area contributed by atoms with Crippen molar-refractivity contribution in [1.82, 2.24) is 5.32 Å². The van der Waals surface area contributed by atoms with Crippen molar-refractivity contribution < 1.29 is 0 Å². The third-order valence-corrected chi connectivity index (χ3v) is 3.13. The van der Waals surface area contributed by atoms with Crippen LogP contribution in [0.1, 0.15) is 39.3 Å². The van der Waals surface area contributed by atoms with Crippen LogP contribution in [-0.4, -0.2) is 6.04 Å². The molecule has 0 amide bonds. The van der Waals surface area contributed by atoms with Gasteiger partial charge in [0.1, 0.15) is 0 Å². The molecule has 1 unspecified atom stereocenters. The summed E-state index contributed by atoms with van der Waals surface area (Å²) in [5, 5.41) is 4.37. The lowest BCUT2D eigenvalue weighted by Crippen LogP contribution is -2.32. The molecule has 0 fully saturated rings. The van der Waals surface area contributed by atoms with Gasteiger partial charge < -0.3 is 5.32 Å². The van der Waals surface area contributed by atoms with Crippen molar-refractivity contribution in [2.24, 2.45) is 5.92 Å². The zero-order valence-electron chi connectivity index (χ0n) is 9.92. The molecule has 0 heterocycles. The lowest BCUT2D eigenvalue weighted by Gasteiger charge is -2.23. The van der Waals surface area contributed by atoms with Gasteiger partial charge in [0, 0.05) is 17.1 Å². The molecule has 1 aromatic rings. The number of rotatable bonds is 4. The van der Waals surface area contributed by atoms with Crippen LogP contribution in [0.3, 0.4) is 0 Å². The van der Waals surface area contributed by atoms with Gasteiger partial charge in [-0.3, -0.25) is 0 Å². The largest absolute Gasteiger partial charge is 0.307 e. The average molecular weight is 226 g/mol. The SMILES string of the molecule is CC(C)C(C)N[C@@H](C)c1ccc(Cl)cc1. The van der Waals surface area contributed by atoms with Crippen LogP contribution in [0.2, 0.25) is 5.02 Å². The van der Waals surface area contributed by atoms with Gasteiger partial charge in [-0.15, -0.1) is 0 Å². The normalized spacial score (nSPS) is 15.3. The maximum absolute atomic E-state index is 5.85. The number of hydrogen-bond acceptors (Lipinski definition) is 1. The van der Waals surface area contributed by atoms with Crippen LogP contribution >= 0.6 is 11.6 Å². The molecule has 2 heteroatoms.